The van der Waals surface area contributed by atoms with E-state index >= 15 is 0 Å². The molecule has 2 atom stereocenters. The number of aromatic amines is 1. The number of nitrogens with zero attached hydrogens (tertiary/aromatic N) is 3. The molecule has 1 aliphatic carbocycles. The lowest BCUT2D eigenvalue weighted by Gasteiger charge is -2.38. The molecule has 1 aromatic heterocycles. The third-order valence-corrected chi connectivity index (χ3v) is 6.97. The lowest BCUT2D eigenvalue weighted by Crippen LogP contribution is -2.55. The highest BCUT2D eigenvalue weighted by molar-refractivity contribution is 6.02. The number of fused-ring (bicyclic) bond motifs is 1. The molecule has 1 aliphatic heterocycles. The van der Waals surface area contributed by atoms with Crippen molar-refractivity contribution in [2.45, 2.75) is 18.9 Å². The van der Waals surface area contributed by atoms with E-state index in [1.165, 1.54) is 18.2 Å². The topological polar surface area (TPSA) is 64.3 Å². The zero-order valence-electron chi connectivity index (χ0n) is 18.7. The molecule has 2 heterocycles. The van der Waals surface area contributed by atoms with Gasteiger partial charge in [-0.15, -0.1) is 0 Å². The van der Waals surface area contributed by atoms with E-state index in [2.05, 4.69) is 39.3 Å². The number of aromatic nitrogens is 2. The van der Waals surface area contributed by atoms with Crippen molar-refractivity contribution in [3.63, 3.8) is 0 Å². The Labute approximate surface area is 191 Å². The molecule has 2 unspecified atom stereocenters. The summed E-state index contributed by atoms with van der Waals surface area (Å²) in [6.45, 7) is 5.57. The normalized spacial score (nSPS) is 23.9. The van der Waals surface area contributed by atoms with Gasteiger partial charge < -0.3 is 10.2 Å². The molecule has 33 heavy (non-hydrogen) atoms. The fourth-order valence-corrected chi connectivity index (χ4v) is 4.77. The Morgan fingerprint density at radius 2 is 1.85 bits per heavy atom. The van der Waals surface area contributed by atoms with Gasteiger partial charge in [0.1, 0.15) is 17.2 Å². The maximum Gasteiger partial charge on any atom is 0.245 e. The van der Waals surface area contributed by atoms with Crippen LogP contribution in [-0.4, -0.2) is 64.7 Å². The van der Waals surface area contributed by atoms with Crippen molar-refractivity contribution < 1.29 is 13.6 Å². The van der Waals surface area contributed by atoms with Crippen LogP contribution in [0.5, 0.6) is 0 Å². The van der Waals surface area contributed by atoms with Crippen LogP contribution in [0.15, 0.2) is 36.4 Å². The number of halogens is 2. The molecule has 2 aromatic carbocycles. The second kappa shape index (κ2) is 8.35. The summed E-state index contributed by atoms with van der Waals surface area (Å²) < 4.78 is 28.0. The van der Waals surface area contributed by atoms with Crippen LogP contribution in [0.3, 0.4) is 0 Å². The third kappa shape index (κ3) is 4.05. The molecule has 2 fully saturated rings. The van der Waals surface area contributed by atoms with Gasteiger partial charge >= 0.3 is 0 Å². The van der Waals surface area contributed by atoms with Gasteiger partial charge in [0.25, 0.3) is 0 Å². The molecule has 1 amide bonds. The fourth-order valence-electron chi connectivity index (χ4n) is 4.77. The number of amides is 1. The van der Waals surface area contributed by atoms with E-state index in [1.54, 1.807) is 24.3 Å². The van der Waals surface area contributed by atoms with Crippen molar-refractivity contribution in [1.29, 1.82) is 0 Å². The van der Waals surface area contributed by atoms with Gasteiger partial charge in [0.15, 0.2) is 0 Å². The number of piperazine rings is 1. The number of nitrogens with one attached hydrogen (secondary N) is 2. The van der Waals surface area contributed by atoms with Crippen LogP contribution in [0.1, 0.15) is 24.6 Å². The van der Waals surface area contributed by atoms with E-state index in [0.29, 0.717) is 16.6 Å². The van der Waals surface area contributed by atoms with Gasteiger partial charge in [-0.1, -0.05) is 25.1 Å². The molecule has 5 rings (SSSR count). The van der Waals surface area contributed by atoms with Gasteiger partial charge in [-0.25, -0.2) is 8.78 Å². The van der Waals surface area contributed by atoms with Crippen LogP contribution in [-0.2, 0) is 4.79 Å². The highest BCUT2D eigenvalue weighted by atomic mass is 19.1. The zero-order chi connectivity index (χ0) is 23.2. The molecule has 8 heteroatoms. The summed E-state index contributed by atoms with van der Waals surface area (Å²) in [6.07, 6.45) is 4.37. The molecular weight excluding hydrogens is 424 g/mol. The average Bonchev–Trinajstić information content (AvgIpc) is 3.34. The molecule has 6 nitrogen and oxygen atoms in total. The SMILES string of the molecule is CC1CC1(C(=O)Nc1cc2c(/C=C/c3ccc(F)cc3)n[nH]c2cc1F)N1CCN(C)CC1. The zero-order valence-corrected chi connectivity index (χ0v) is 18.7. The molecule has 0 radical (unpaired) electrons. The lowest BCUT2D eigenvalue weighted by atomic mass is 10.1. The van der Waals surface area contributed by atoms with E-state index in [-0.39, 0.29) is 23.3 Å². The maximum absolute atomic E-state index is 14.8. The molecule has 3 aromatic rings. The van der Waals surface area contributed by atoms with Crippen LogP contribution in [0, 0.1) is 17.6 Å². The number of likely N-dealkylation sites (N-methyl/N-ethyl adjacent to an activating group) is 1. The van der Waals surface area contributed by atoms with Gasteiger partial charge in [-0.05, 0) is 49.2 Å². The van der Waals surface area contributed by atoms with E-state index in [0.717, 1.165) is 38.2 Å². The Morgan fingerprint density at radius 1 is 1.15 bits per heavy atom. The summed E-state index contributed by atoms with van der Waals surface area (Å²) in [4.78, 5) is 17.8. The minimum Gasteiger partial charge on any atom is -0.322 e. The van der Waals surface area contributed by atoms with E-state index in [4.69, 9.17) is 0 Å². The van der Waals surface area contributed by atoms with Crippen LogP contribution in [0.4, 0.5) is 14.5 Å². The number of carbonyl (C=O) groups is 1. The quantitative estimate of drug-likeness (QED) is 0.616. The third-order valence-electron chi connectivity index (χ3n) is 6.97. The first-order valence-corrected chi connectivity index (χ1v) is 11.2. The molecular formula is C25H27F2N5O. The molecule has 1 saturated carbocycles. The van der Waals surface area contributed by atoms with Crippen molar-refractivity contribution in [2.24, 2.45) is 5.92 Å². The van der Waals surface area contributed by atoms with Crippen molar-refractivity contribution in [2.75, 3.05) is 38.5 Å². The highest BCUT2D eigenvalue weighted by Gasteiger charge is 2.61. The van der Waals surface area contributed by atoms with Gasteiger partial charge in [0.05, 0.1) is 16.9 Å². The van der Waals surface area contributed by atoms with Crippen LogP contribution < -0.4 is 5.32 Å². The highest BCUT2D eigenvalue weighted by Crippen LogP contribution is 2.49. The summed E-state index contributed by atoms with van der Waals surface area (Å²) in [5, 5.41) is 10.7. The number of benzene rings is 2. The summed E-state index contributed by atoms with van der Waals surface area (Å²) >= 11 is 0. The molecule has 0 spiro atoms. The molecule has 172 valence electrons. The number of hydrogen-bond acceptors (Lipinski definition) is 4. The summed E-state index contributed by atoms with van der Waals surface area (Å²) in [6, 6.07) is 9.09. The minimum atomic E-state index is -0.565. The van der Waals surface area contributed by atoms with Gasteiger partial charge in [0, 0.05) is 37.6 Å². The Morgan fingerprint density at radius 3 is 2.52 bits per heavy atom. The lowest BCUT2D eigenvalue weighted by molar-refractivity contribution is -0.124. The number of anilines is 1. The number of hydrogen-bond donors (Lipinski definition) is 2. The Bertz CT molecular complexity index is 1210. The van der Waals surface area contributed by atoms with Crippen molar-refractivity contribution >= 4 is 34.6 Å². The molecule has 1 saturated heterocycles. The van der Waals surface area contributed by atoms with Gasteiger partial charge in [0.2, 0.25) is 5.91 Å². The number of rotatable bonds is 5. The Balaban J connectivity index is 1.39. The van der Waals surface area contributed by atoms with Crippen molar-refractivity contribution in [1.82, 2.24) is 20.0 Å². The Hall–Kier alpha value is -3.10. The second-order valence-electron chi connectivity index (χ2n) is 9.15. The van der Waals surface area contributed by atoms with Crippen molar-refractivity contribution in [3.8, 4) is 0 Å². The van der Waals surface area contributed by atoms with E-state index < -0.39 is 11.4 Å². The number of carbonyl (C=O) groups excluding carboxylic acids is 1. The molecule has 2 N–H and O–H groups in total. The average molecular weight is 452 g/mol. The minimum absolute atomic E-state index is 0.148. The fraction of sp³-hybridized carbons (Fsp3) is 0.360. The van der Waals surface area contributed by atoms with E-state index in [9.17, 15) is 13.6 Å². The predicted octanol–water partition coefficient (Wildman–Crippen LogP) is 3.98. The monoisotopic (exact) mass is 451 g/mol. The van der Waals surface area contributed by atoms with Gasteiger partial charge in [-0.3, -0.25) is 14.8 Å². The van der Waals surface area contributed by atoms with Gasteiger partial charge in [-0.2, -0.15) is 5.10 Å². The van der Waals surface area contributed by atoms with Crippen LogP contribution in [0.25, 0.3) is 23.1 Å². The van der Waals surface area contributed by atoms with Crippen LogP contribution in [0.2, 0.25) is 0 Å². The summed E-state index contributed by atoms with van der Waals surface area (Å²) in [5.74, 6) is -0.719. The van der Waals surface area contributed by atoms with Crippen molar-refractivity contribution in [3.05, 3.63) is 59.3 Å². The predicted molar refractivity (Wildman–Crippen MR) is 126 cm³/mol. The first kappa shape index (κ1) is 21.7. The standard InChI is InChI=1S/C25H27F2N5O/c1-16-15-25(16,32-11-9-31(2)10-12-32)24(33)28-23-13-19-21(29-30-22(19)14-20(23)27)8-5-17-3-6-18(26)7-4-17/h3-8,13-14,16H,9-12,15H2,1-2H3,(H,28,33)(H,29,30)/b8-5+. The molecule has 0 bridgehead atoms. The smallest absolute Gasteiger partial charge is 0.245 e. The molecule has 2 aliphatic rings. The first-order chi connectivity index (χ1) is 15.9. The van der Waals surface area contributed by atoms with E-state index in [1.807, 2.05) is 6.08 Å². The first-order valence-electron chi connectivity index (χ1n) is 11.2. The summed E-state index contributed by atoms with van der Waals surface area (Å²) in [7, 11) is 2.08. The largest absolute Gasteiger partial charge is 0.322 e. The summed E-state index contributed by atoms with van der Waals surface area (Å²) in [5.41, 5.74) is 1.55. The van der Waals surface area contributed by atoms with Crippen LogP contribution >= 0.6 is 0 Å². The Kier molecular flexibility index (Phi) is 5.50. The second-order valence-corrected chi connectivity index (χ2v) is 9.15. The maximum atomic E-state index is 14.8. The number of H-pyrrole nitrogens is 1.